The second kappa shape index (κ2) is 5.43. The van der Waals surface area contributed by atoms with E-state index in [9.17, 15) is 9.32 Å². The maximum absolute atomic E-state index is 10.5. The average molecular weight is 251 g/mol. The highest BCUT2D eigenvalue weighted by atomic mass is 35.5. The minimum Gasteiger partial charge on any atom is -0.387 e. The van der Waals surface area contributed by atoms with E-state index in [-0.39, 0.29) is 6.54 Å². The van der Waals surface area contributed by atoms with Crippen molar-refractivity contribution in [1.82, 2.24) is 0 Å². The van der Waals surface area contributed by atoms with E-state index in [2.05, 4.69) is 4.72 Å². The molecule has 5 N–H and O–H groups in total. The Morgan fingerprint density at radius 2 is 2.27 bits per heavy atom. The molecule has 0 aliphatic heterocycles. The first kappa shape index (κ1) is 12.4. The fraction of sp³-hybridized carbons (Fsp3) is 0.250. The largest absolute Gasteiger partial charge is 0.387 e. The Morgan fingerprint density at radius 1 is 1.60 bits per heavy atom. The van der Waals surface area contributed by atoms with Gasteiger partial charge in [-0.1, -0.05) is 11.6 Å². The van der Waals surface area contributed by atoms with Crippen molar-refractivity contribution in [3.63, 3.8) is 0 Å². The standard InChI is InChI=1S/C8H11ClN2O3S/c9-7-2-1-5(11-15(13)14)3-6(7)8(12)4-10/h1-3,8,11-12H,4,10H2,(H,13,14). The van der Waals surface area contributed by atoms with Gasteiger partial charge in [-0.15, -0.1) is 0 Å². The van der Waals surface area contributed by atoms with Crippen molar-refractivity contribution in [1.29, 1.82) is 0 Å². The minimum atomic E-state index is -2.15. The number of nitrogens with one attached hydrogen (secondary N) is 1. The first-order valence-corrected chi connectivity index (χ1v) is 5.58. The normalized spacial score (nSPS) is 14.7. The van der Waals surface area contributed by atoms with E-state index in [0.717, 1.165) is 0 Å². The lowest BCUT2D eigenvalue weighted by atomic mass is 10.1. The Morgan fingerprint density at radius 3 is 2.80 bits per heavy atom. The smallest absolute Gasteiger partial charge is 0.259 e. The highest BCUT2D eigenvalue weighted by molar-refractivity contribution is 7.80. The van der Waals surface area contributed by atoms with Gasteiger partial charge in [0.05, 0.1) is 6.10 Å². The Hall–Kier alpha value is -0.660. The molecule has 1 rings (SSSR count). The number of nitrogens with two attached hydrogens (primary N) is 1. The molecule has 0 heterocycles. The van der Waals surface area contributed by atoms with Gasteiger partial charge in [0.15, 0.2) is 0 Å². The van der Waals surface area contributed by atoms with E-state index in [0.29, 0.717) is 16.3 Å². The summed E-state index contributed by atoms with van der Waals surface area (Å²) < 4.78 is 21.4. The number of hydrogen-bond donors (Lipinski definition) is 4. The van der Waals surface area contributed by atoms with Crippen LogP contribution in [0.15, 0.2) is 18.2 Å². The molecule has 2 atom stereocenters. The molecule has 1 aromatic rings. The topological polar surface area (TPSA) is 95.6 Å². The highest BCUT2D eigenvalue weighted by Crippen LogP contribution is 2.25. The van der Waals surface area contributed by atoms with E-state index < -0.39 is 17.4 Å². The van der Waals surface area contributed by atoms with E-state index >= 15 is 0 Å². The van der Waals surface area contributed by atoms with Gasteiger partial charge in [0.25, 0.3) is 11.3 Å². The molecule has 0 amide bonds. The highest BCUT2D eigenvalue weighted by Gasteiger charge is 2.10. The number of aliphatic hydroxyl groups excluding tert-OH is 1. The molecule has 0 bridgehead atoms. The molecule has 5 nitrogen and oxygen atoms in total. The molecule has 7 heteroatoms. The Bertz CT molecular complexity index is 375. The third-order valence-corrected chi connectivity index (χ3v) is 2.54. The lowest BCUT2D eigenvalue weighted by Crippen LogP contribution is -2.12. The Balaban J connectivity index is 2.99. The summed E-state index contributed by atoms with van der Waals surface area (Å²) in [4.78, 5) is 0. The van der Waals surface area contributed by atoms with Gasteiger partial charge in [0, 0.05) is 22.8 Å². The van der Waals surface area contributed by atoms with Gasteiger partial charge in [-0.05, 0) is 18.2 Å². The van der Waals surface area contributed by atoms with E-state index in [1.54, 1.807) is 0 Å². The minimum absolute atomic E-state index is 0.0331. The first-order chi connectivity index (χ1) is 7.04. The molecule has 0 radical (unpaired) electrons. The van der Waals surface area contributed by atoms with Crippen LogP contribution in [-0.2, 0) is 11.3 Å². The lowest BCUT2D eigenvalue weighted by molar-refractivity contribution is 0.187. The third kappa shape index (κ3) is 3.44. The van der Waals surface area contributed by atoms with Crippen LogP contribution in [0.2, 0.25) is 5.02 Å². The molecule has 0 spiro atoms. The van der Waals surface area contributed by atoms with E-state index in [4.69, 9.17) is 21.9 Å². The predicted molar refractivity (Wildman–Crippen MR) is 59.9 cm³/mol. The zero-order valence-electron chi connectivity index (χ0n) is 7.68. The monoisotopic (exact) mass is 250 g/mol. The van der Waals surface area contributed by atoms with Crippen molar-refractivity contribution < 1.29 is 13.9 Å². The summed E-state index contributed by atoms with van der Waals surface area (Å²) in [5, 5.41) is 9.86. The molecule has 1 aromatic carbocycles. The van der Waals surface area contributed by atoms with Crippen molar-refractivity contribution in [3.05, 3.63) is 28.8 Å². The maximum atomic E-state index is 10.5. The van der Waals surface area contributed by atoms with Crippen LogP contribution in [0.4, 0.5) is 5.69 Å². The van der Waals surface area contributed by atoms with Crippen molar-refractivity contribution in [2.45, 2.75) is 6.10 Å². The Labute approximate surface area is 94.7 Å². The van der Waals surface area contributed by atoms with Crippen LogP contribution in [0.25, 0.3) is 0 Å². The molecule has 0 saturated heterocycles. The Kier molecular flexibility index (Phi) is 4.49. The fourth-order valence-corrected chi connectivity index (χ4v) is 1.66. The first-order valence-electron chi connectivity index (χ1n) is 4.09. The molecular weight excluding hydrogens is 240 g/mol. The van der Waals surface area contributed by atoms with Crippen LogP contribution in [0.3, 0.4) is 0 Å². The van der Waals surface area contributed by atoms with Gasteiger partial charge >= 0.3 is 0 Å². The number of hydrogen-bond acceptors (Lipinski definition) is 3. The maximum Gasteiger partial charge on any atom is 0.259 e. The molecule has 2 unspecified atom stereocenters. The summed E-state index contributed by atoms with van der Waals surface area (Å²) in [5.41, 5.74) is 6.10. The number of aliphatic hydroxyl groups is 1. The molecule has 0 saturated carbocycles. The molecule has 0 fully saturated rings. The van der Waals surface area contributed by atoms with E-state index in [1.807, 2.05) is 0 Å². The van der Waals surface area contributed by atoms with Crippen LogP contribution in [0, 0.1) is 0 Å². The second-order valence-corrected chi connectivity index (χ2v) is 3.95. The molecule has 0 aliphatic carbocycles. The van der Waals surface area contributed by atoms with Crippen molar-refractivity contribution in [2.24, 2.45) is 5.73 Å². The van der Waals surface area contributed by atoms with Crippen molar-refractivity contribution in [3.8, 4) is 0 Å². The molecule has 0 aromatic heterocycles. The number of rotatable bonds is 4. The van der Waals surface area contributed by atoms with Gasteiger partial charge in [0.2, 0.25) is 0 Å². The number of anilines is 1. The quantitative estimate of drug-likeness (QED) is 0.597. The van der Waals surface area contributed by atoms with Gasteiger partial charge in [0.1, 0.15) is 0 Å². The van der Waals surface area contributed by atoms with Crippen LogP contribution < -0.4 is 10.5 Å². The van der Waals surface area contributed by atoms with Crippen LogP contribution in [0.5, 0.6) is 0 Å². The number of halogens is 1. The van der Waals surface area contributed by atoms with Gasteiger partial charge in [-0.2, -0.15) is 0 Å². The van der Waals surface area contributed by atoms with Gasteiger partial charge in [-0.3, -0.25) is 9.27 Å². The summed E-state index contributed by atoms with van der Waals surface area (Å²) in [5.74, 6) is 0. The van der Waals surface area contributed by atoms with Gasteiger partial charge < -0.3 is 10.8 Å². The van der Waals surface area contributed by atoms with Crippen LogP contribution >= 0.6 is 11.6 Å². The summed E-state index contributed by atoms with van der Waals surface area (Å²) >= 11 is 3.67. The lowest BCUT2D eigenvalue weighted by Gasteiger charge is -2.11. The summed E-state index contributed by atoms with van der Waals surface area (Å²) in [6, 6.07) is 4.53. The van der Waals surface area contributed by atoms with E-state index in [1.165, 1.54) is 18.2 Å². The summed E-state index contributed by atoms with van der Waals surface area (Å²) in [6.07, 6.45) is -0.883. The molecule has 15 heavy (non-hydrogen) atoms. The zero-order chi connectivity index (χ0) is 11.4. The molecule has 0 aliphatic rings. The summed E-state index contributed by atoms with van der Waals surface area (Å²) in [7, 11) is 0. The van der Waals surface area contributed by atoms with Crippen LogP contribution in [0.1, 0.15) is 11.7 Å². The predicted octanol–water partition coefficient (Wildman–Crippen LogP) is 0.881. The molecular formula is C8H11ClN2O3S. The fourth-order valence-electron chi connectivity index (χ4n) is 1.09. The van der Waals surface area contributed by atoms with Crippen molar-refractivity contribution >= 4 is 28.6 Å². The van der Waals surface area contributed by atoms with Crippen molar-refractivity contribution in [2.75, 3.05) is 11.3 Å². The molecule has 84 valence electrons. The SMILES string of the molecule is NCC(O)c1cc(NS(=O)O)ccc1Cl. The number of benzene rings is 1. The van der Waals surface area contributed by atoms with Crippen LogP contribution in [-0.4, -0.2) is 20.4 Å². The second-order valence-electron chi connectivity index (χ2n) is 2.84. The third-order valence-electron chi connectivity index (χ3n) is 1.78. The van der Waals surface area contributed by atoms with Gasteiger partial charge in [-0.25, -0.2) is 4.21 Å². The average Bonchev–Trinajstić information content (AvgIpc) is 2.19. The zero-order valence-corrected chi connectivity index (χ0v) is 9.26. The summed E-state index contributed by atoms with van der Waals surface area (Å²) in [6.45, 7) is 0.0331.